The number of rotatable bonds is 5. The Labute approximate surface area is 219 Å². The van der Waals surface area contributed by atoms with E-state index in [2.05, 4.69) is 86.9 Å². The first-order valence-corrected chi connectivity index (χ1v) is 13.8. The Morgan fingerprint density at radius 2 is 1.63 bits per heavy atom. The lowest BCUT2D eigenvalue weighted by Gasteiger charge is -2.37. The van der Waals surface area contributed by atoms with Gasteiger partial charge in [0.2, 0.25) is 0 Å². The Kier molecular flexibility index (Phi) is 9.11. The number of carbonyl (C=O) groups is 2. The molecule has 0 unspecified atom stereocenters. The van der Waals surface area contributed by atoms with Crippen LogP contribution >= 0.6 is 67.8 Å². The van der Waals surface area contributed by atoms with Crippen LogP contribution in [0.2, 0.25) is 0 Å². The van der Waals surface area contributed by atoms with E-state index >= 15 is 0 Å². The zero-order valence-electron chi connectivity index (χ0n) is 17.4. The number of quaternary nitrogens is 1. The molecule has 0 aromatic heterocycles. The largest absolute Gasteiger partial charge is 0.459 e. The fourth-order valence-electron chi connectivity index (χ4n) is 4.38. The van der Waals surface area contributed by atoms with Crippen molar-refractivity contribution in [2.24, 2.45) is 11.8 Å². The van der Waals surface area contributed by atoms with Gasteiger partial charge in [0.05, 0.1) is 24.6 Å². The summed E-state index contributed by atoms with van der Waals surface area (Å²) in [5.41, 5.74) is 0.215. The highest BCUT2D eigenvalue weighted by atomic mass is 127. The number of benzene rings is 1. The fourth-order valence-corrected chi connectivity index (χ4v) is 6.76. The molecule has 1 saturated carbocycles. The highest BCUT2D eigenvalue weighted by Gasteiger charge is 2.38. The predicted octanol–water partition coefficient (Wildman–Crippen LogP) is 4.51. The highest BCUT2D eigenvalue weighted by Crippen LogP contribution is 2.33. The summed E-state index contributed by atoms with van der Waals surface area (Å²) in [7, 11) is 0. The van der Waals surface area contributed by atoms with E-state index in [4.69, 9.17) is 9.47 Å². The lowest BCUT2D eigenvalue weighted by molar-refractivity contribution is -0.665. The molecule has 1 heterocycles. The molecule has 8 heteroatoms. The highest BCUT2D eigenvalue weighted by molar-refractivity contribution is 14.1. The minimum absolute atomic E-state index is 0.0824. The van der Waals surface area contributed by atoms with Crippen molar-refractivity contribution in [1.82, 2.24) is 0 Å². The van der Waals surface area contributed by atoms with Gasteiger partial charge in [-0.25, -0.2) is 4.79 Å². The molecule has 0 spiro atoms. The van der Waals surface area contributed by atoms with Gasteiger partial charge in [0, 0.05) is 29.5 Å². The number of hydrogen-bond acceptors (Lipinski definition) is 4. The quantitative estimate of drug-likeness (QED) is 0.274. The van der Waals surface area contributed by atoms with Crippen LogP contribution in [0.3, 0.4) is 0 Å². The molecule has 1 aromatic rings. The molecule has 1 aliphatic carbocycles. The summed E-state index contributed by atoms with van der Waals surface area (Å²) >= 11 is 6.66. The average molecular weight is 752 g/mol. The molecular formula is C22H29I3NO4+. The first-order chi connectivity index (χ1) is 14.2. The van der Waals surface area contributed by atoms with E-state index < -0.39 is 5.60 Å². The van der Waals surface area contributed by atoms with Crippen LogP contribution in [0.15, 0.2) is 12.1 Å². The van der Waals surface area contributed by atoms with Gasteiger partial charge in [-0.2, -0.15) is 0 Å². The minimum atomic E-state index is -0.410. The second-order valence-corrected chi connectivity index (χ2v) is 12.3. The molecule has 0 atom stereocenters. The summed E-state index contributed by atoms with van der Waals surface area (Å²) < 4.78 is 14.8. The molecule has 1 aliphatic heterocycles. The minimum Gasteiger partial charge on any atom is -0.459 e. The molecule has 0 bridgehead atoms. The normalized spacial score (nSPS) is 23.1. The molecule has 0 amide bonds. The molecule has 0 radical (unpaired) electrons. The van der Waals surface area contributed by atoms with Gasteiger partial charge in [-0.05, 0) is 119 Å². The second kappa shape index (κ2) is 11.0. The summed E-state index contributed by atoms with van der Waals surface area (Å²) in [6.45, 7) is 6.33. The molecule has 166 valence electrons. The standard InChI is InChI=1S/C22H28I3NO4/c1-22(2,14-7-9-26-10-8-14)30-20(27)13-3-5-16(6-4-13)29-21(28)17-11-15(23)12-18(24)19(17)25/h11-14,16,26H,3-10H2,1-2H3/p+1. The van der Waals surface area contributed by atoms with E-state index in [0.717, 1.165) is 36.6 Å². The van der Waals surface area contributed by atoms with Gasteiger partial charge in [0.1, 0.15) is 11.7 Å². The molecule has 5 nitrogen and oxygen atoms in total. The van der Waals surface area contributed by atoms with E-state index in [9.17, 15) is 9.59 Å². The van der Waals surface area contributed by atoms with Crippen molar-refractivity contribution in [2.45, 2.75) is 64.1 Å². The Balaban J connectivity index is 1.51. The predicted molar refractivity (Wildman–Crippen MR) is 140 cm³/mol. The Hall–Kier alpha value is 0.310. The Bertz CT molecular complexity index is 785. The van der Waals surface area contributed by atoms with E-state index in [-0.39, 0.29) is 24.0 Å². The summed E-state index contributed by atoms with van der Waals surface area (Å²) in [5.74, 6) is -0.00559. The maximum absolute atomic E-state index is 12.8. The SMILES string of the molecule is CC(C)(OC(=O)C1CCC(OC(=O)c2cc(I)cc(I)c2I)CC1)C1CC[NH2+]CC1. The first kappa shape index (κ1) is 24.9. The fraction of sp³-hybridized carbons (Fsp3) is 0.636. The van der Waals surface area contributed by atoms with Crippen molar-refractivity contribution < 1.29 is 24.4 Å². The lowest BCUT2D eigenvalue weighted by atomic mass is 9.82. The van der Waals surface area contributed by atoms with Crippen molar-refractivity contribution in [3.05, 3.63) is 28.4 Å². The van der Waals surface area contributed by atoms with Crippen molar-refractivity contribution in [3.8, 4) is 0 Å². The summed E-state index contributed by atoms with van der Waals surface area (Å²) in [6.07, 6.45) is 4.91. The zero-order chi connectivity index (χ0) is 21.9. The summed E-state index contributed by atoms with van der Waals surface area (Å²) in [4.78, 5) is 25.5. The van der Waals surface area contributed by atoms with Gasteiger partial charge in [-0.15, -0.1) is 0 Å². The van der Waals surface area contributed by atoms with Crippen molar-refractivity contribution in [3.63, 3.8) is 0 Å². The summed E-state index contributed by atoms with van der Waals surface area (Å²) in [5, 5.41) is 2.33. The van der Waals surface area contributed by atoms with Crippen molar-refractivity contribution >= 4 is 79.7 Å². The van der Waals surface area contributed by atoms with Crippen LogP contribution in [0, 0.1) is 22.5 Å². The number of nitrogens with two attached hydrogens (primary N) is 1. The third kappa shape index (κ3) is 6.43. The molecule has 2 fully saturated rings. The third-order valence-corrected chi connectivity index (χ3v) is 9.95. The number of hydrogen-bond donors (Lipinski definition) is 1. The summed E-state index contributed by atoms with van der Waals surface area (Å²) in [6, 6.07) is 3.92. The monoisotopic (exact) mass is 752 g/mol. The molecular weight excluding hydrogens is 723 g/mol. The van der Waals surface area contributed by atoms with Crippen molar-refractivity contribution in [1.29, 1.82) is 0 Å². The van der Waals surface area contributed by atoms with Gasteiger partial charge in [-0.3, -0.25) is 4.79 Å². The maximum Gasteiger partial charge on any atom is 0.339 e. The molecule has 30 heavy (non-hydrogen) atoms. The number of carbonyl (C=O) groups excluding carboxylic acids is 2. The van der Waals surface area contributed by atoms with Crippen LogP contribution in [-0.4, -0.2) is 36.7 Å². The van der Waals surface area contributed by atoms with E-state index in [1.54, 1.807) is 0 Å². The van der Waals surface area contributed by atoms with Crippen LogP contribution in [-0.2, 0) is 14.3 Å². The molecule has 3 rings (SSSR count). The van der Waals surface area contributed by atoms with Gasteiger partial charge >= 0.3 is 11.9 Å². The average Bonchev–Trinajstić information content (AvgIpc) is 2.71. The van der Waals surface area contributed by atoms with E-state index in [1.165, 1.54) is 0 Å². The smallest absolute Gasteiger partial charge is 0.339 e. The van der Waals surface area contributed by atoms with E-state index in [1.807, 2.05) is 12.1 Å². The zero-order valence-corrected chi connectivity index (χ0v) is 23.9. The van der Waals surface area contributed by atoms with Crippen molar-refractivity contribution in [2.75, 3.05) is 13.1 Å². The number of halogens is 3. The molecule has 2 N–H and O–H groups in total. The Morgan fingerprint density at radius 1 is 1.00 bits per heavy atom. The molecule has 1 aromatic carbocycles. The van der Waals surface area contributed by atoms with Gasteiger partial charge < -0.3 is 14.8 Å². The lowest BCUT2D eigenvalue weighted by Crippen LogP contribution is -2.86. The van der Waals surface area contributed by atoms with Crippen LogP contribution in [0.4, 0.5) is 0 Å². The van der Waals surface area contributed by atoms with Crippen LogP contribution < -0.4 is 5.32 Å². The number of esters is 2. The molecule has 2 aliphatic rings. The second-order valence-electron chi connectivity index (χ2n) is 8.79. The maximum atomic E-state index is 12.8. The Morgan fingerprint density at radius 3 is 2.27 bits per heavy atom. The molecule has 1 saturated heterocycles. The van der Waals surface area contributed by atoms with Gasteiger partial charge in [-0.1, -0.05) is 0 Å². The number of piperidine rings is 1. The first-order valence-electron chi connectivity index (χ1n) is 10.6. The van der Waals surface area contributed by atoms with Crippen LogP contribution in [0.25, 0.3) is 0 Å². The topological polar surface area (TPSA) is 69.2 Å². The van der Waals surface area contributed by atoms with Crippen LogP contribution in [0.5, 0.6) is 0 Å². The van der Waals surface area contributed by atoms with Gasteiger partial charge in [0.25, 0.3) is 0 Å². The third-order valence-electron chi connectivity index (χ3n) is 6.28. The van der Waals surface area contributed by atoms with Gasteiger partial charge in [0.15, 0.2) is 0 Å². The number of ether oxygens (including phenoxy) is 2. The van der Waals surface area contributed by atoms with E-state index in [0.29, 0.717) is 37.2 Å². The van der Waals surface area contributed by atoms with Crippen LogP contribution in [0.1, 0.15) is 62.7 Å².